The predicted octanol–water partition coefficient (Wildman–Crippen LogP) is 2.51. The third kappa shape index (κ3) is 3.16. The minimum atomic E-state index is 0.117. The van der Waals surface area contributed by atoms with Gasteiger partial charge < -0.3 is 4.42 Å². The van der Waals surface area contributed by atoms with Crippen molar-refractivity contribution in [3.05, 3.63) is 41.7 Å². The molecule has 0 saturated heterocycles. The standard InChI is InChI=1S/C13H13N5O/c1-9(2)12-17-11(7-14)13(19-12)18-16-8-10-3-5-15-6-4-10/h3-6,8-9,18H,1-2H3/b16-8+. The fourth-order valence-corrected chi connectivity index (χ4v) is 1.35. The first-order chi connectivity index (χ1) is 9.20. The fourth-order valence-electron chi connectivity index (χ4n) is 1.35. The second-order valence-corrected chi connectivity index (χ2v) is 4.15. The number of pyridine rings is 1. The minimum Gasteiger partial charge on any atom is -0.422 e. The number of nitrogens with zero attached hydrogens (tertiary/aromatic N) is 4. The molecule has 0 unspecified atom stereocenters. The van der Waals surface area contributed by atoms with E-state index in [4.69, 9.17) is 9.68 Å². The Morgan fingerprint density at radius 3 is 2.79 bits per heavy atom. The lowest BCUT2D eigenvalue weighted by Crippen LogP contribution is -1.91. The van der Waals surface area contributed by atoms with E-state index in [0.717, 1.165) is 5.56 Å². The van der Waals surface area contributed by atoms with Crippen LogP contribution >= 0.6 is 0 Å². The van der Waals surface area contributed by atoms with Crippen molar-refractivity contribution in [1.29, 1.82) is 5.26 Å². The van der Waals surface area contributed by atoms with Gasteiger partial charge in [-0.05, 0) is 17.7 Å². The fraction of sp³-hybridized carbons (Fsp3) is 0.231. The van der Waals surface area contributed by atoms with Crippen LogP contribution < -0.4 is 5.43 Å². The van der Waals surface area contributed by atoms with Gasteiger partial charge >= 0.3 is 0 Å². The molecule has 0 saturated carbocycles. The van der Waals surface area contributed by atoms with E-state index in [1.54, 1.807) is 18.6 Å². The Bertz CT molecular complexity index is 610. The first-order valence-corrected chi connectivity index (χ1v) is 5.80. The van der Waals surface area contributed by atoms with Crippen molar-refractivity contribution in [2.75, 3.05) is 5.43 Å². The number of rotatable bonds is 4. The highest BCUT2D eigenvalue weighted by Crippen LogP contribution is 2.21. The normalized spacial score (nSPS) is 10.8. The van der Waals surface area contributed by atoms with Crippen molar-refractivity contribution in [3.8, 4) is 6.07 Å². The Labute approximate surface area is 110 Å². The van der Waals surface area contributed by atoms with Gasteiger partial charge in [-0.15, -0.1) is 0 Å². The van der Waals surface area contributed by atoms with Crippen LogP contribution in [0.15, 0.2) is 34.0 Å². The molecule has 19 heavy (non-hydrogen) atoms. The minimum absolute atomic E-state index is 0.117. The van der Waals surface area contributed by atoms with Crippen LogP contribution in [0.1, 0.15) is 36.9 Å². The highest BCUT2D eigenvalue weighted by molar-refractivity contribution is 5.79. The molecular formula is C13H13N5O. The molecule has 2 aromatic heterocycles. The number of nitrogens with one attached hydrogen (secondary N) is 1. The van der Waals surface area contributed by atoms with Gasteiger partial charge in [-0.25, -0.2) is 10.4 Å². The van der Waals surface area contributed by atoms with Crippen LogP contribution in [0.4, 0.5) is 5.88 Å². The smallest absolute Gasteiger partial charge is 0.252 e. The van der Waals surface area contributed by atoms with Crippen LogP contribution in [-0.4, -0.2) is 16.2 Å². The zero-order chi connectivity index (χ0) is 13.7. The molecule has 0 atom stereocenters. The molecule has 0 fully saturated rings. The SMILES string of the molecule is CC(C)c1nc(C#N)c(N/N=C/c2ccncc2)o1. The number of anilines is 1. The molecule has 0 aliphatic carbocycles. The quantitative estimate of drug-likeness (QED) is 0.670. The number of aromatic nitrogens is 2. The first-order valence-electron chi connectivity index (χ1n) is 5.80. The van der Waals surface area contributed by atoms with Crippen molar-refractivity contribution in [2.24, 2.45) is 5.10 Å². The van der Waals surface area contributed by atoms with Crippen LogP contribution in [0.5, 0.6) is 0 Å². The zero-order valence-corrected chi connectivity index (χ0v) is 10.7. The summed E-state index contributed by atoms with van der Waals surface area (Å²) in [4.78, 5) is 7.99. The highest BCUT2D eigenvalue weighted by Gasteiger charge is 2.14. The van der Waals surface area contributed by atoms with Crippen molar-refractivity contribution in [3.63, 3.8) is 0 Å². The molecule has 2 rings (SSSR count). The Kier molecular flexibility index (Phi) is 3.88. The van der Waals surface area contributed by atoms with Crippen molar-refractivity contribution in [2.45, 2.75) is 19.8 Å². The topological polar surface area (TPSA) is 87.1 Å². The molecule has 6 nitrogen and oxygen atoms in total. The summed E-state index contributed by atoms with van der Waals surface area (Å²) < 4.78 is 5.43. The number of nitriles is 1. The van der Waals surface area contributed by atoms with Crippen LogP contribution in [0.3, 0.4) is 0 Å². The van der Waals surface area contributed by atoms with Gasteiger partial charge in [0.1, 0.15) is 6.07 Å². The van der Waals surface area contributed by atoms with Gasteiger partial charge in [0.15, 0.2) is 0 Å². The molecular weight excluding hydrogens is 242 g/mol. The molecule has 96 valence electrons. The van der Waals surface area contributed by atoms with Crippen LogP contribution in [-0.2, 0) is 0 Å². The zero-order valence-electron chi connectivity index (χ0n) is 10.7. The van der Waals surface area contributed by atoms with Gasteiger partial charge in [-0.2, -0.15) is 10.4 Å². The predicted molar refractivity (Wildman–Crippen MR) is 70.8 cm³/mol. The van der Waals surface area contributed by atoms with Gasteiger partial charge in [0.05, 0.1) is 6.21 Å². The lowest BCUT2D eigenvalue weighted by Gasteiger charge is -1.96. The van der Waals surface area contributed by atoms with E-state index in [0.29, 0.717) is 5.89 Å². The molecule has 0 aliphatic heterocycles. The summed E-state index contributed by atoms with van der Waals surface area (Å²) in [5.74, 6) is 0.890. The summed E-state index contributed by atoms with van der Waals surface area (Å²) in [6, 6.07) is 5.60. The monoisotopic (exact) mass is 255 g/mol. The van der Waals surface area contributed by atoms with Gasteiger partial charge in [-0.3, -0.25) is 4.98 Å². The maximum Gasteiger partial charge on any atom is 0.252 e. The average molecular weight is 255 g/mol. The number of hydrazone groups is 1. The van der Waals surface area contributed by atoms with E-state index in [9.17, 15) is 0 Å². The molecule has 0 amide bonds. The summed E-state index contributed by atoms with van der Waals surface area (Å²) in [6.07, 6.45) is 4.96. The second kappa shape index (κ2) is 5.78. The average Bonchev–Trinajstić information content (AvgIpc) is 2.83. The lowest BCUT2D eigenvalue weighted by molar-refractivity contribution is 0.481. The molecule has 0 aliphatic rings. The molecule has 0 radical (unpaired) electrons. The van der Waals surface area contributed by atoms with Crippen molar-refractivity contribution in [1.82, 2.24) is 9.97 Å². The highest BCUT2D eigenvalue weighted by atomic mass is 16.4. The third-order valence-electron chi connectivity index (χ3n) is 2.33. The third-order valence-corrected chi connectivity index (χ3v) is 2.33. The van der Waals surface area contributed by atoms with E-state index >= 15 is 0 Å². The molecule has 0 spiro atoms. The molecule has 2 heterocycles. The van der Waals surface area contributed by atoms with E-state index in [2.05, 4.69) is 20.5 Å². The van der Waals surface area contributed by atoms with Crippen molar-refractivity contribution >= 4 is 12.1 Å². The van der Waals surface area contributed by atoms with Gasteiger partial charge in [0.2, 0.25) is 11.6 Å². The van der Waals surface area contributed by atoms with Gasteiger partial charge in [0, 0.05) is 18.3 Å². The second-order valence-electron chi connectivity index (χ2n) is 4.15. The molecule has 2 aromatic rings. The summed E-state index contributed by atoms with van der Waals surface area (Å²) in [6.45, 7) is 3.88. The van der Waals surface area contributed by atoms with E-state index in [1.165, 1.54) is 0 Å². The Morgan fingerprint density at radius 1 is 1.42 bits per heavy atom. The molecule has 6 heteroatoms. The Balaban J connectivity index is 2.11. The van der Waals surface area contributed by atoms with E-state index in [1.807, 2.05) is 32.0 Å². The summed E-state index contributed by atoms with van der Waals surface area (Å²) >= 11 is 0. The van der Waals surface area contributed by atoms with Gasteiger partial charge in [0.25, 0.3) is 5.88 Å². The van der Waals surface area contributed by atoms with Crippen LogP contribution in [0.2, 0.25) is 0 Å². The van der Waals surface area contributed by atoms with Crippen LogP contribution in [0, 0.1) is 11.3 Å². The summed E-state index contributed by atoms with van der Waals surface area (Å²) in [5, 5.41) is 13.0. The summed E-state index contributed by atoms with van der Waals surface area (Å²) in [5.41, 5.74) is 3.78. The molecule has 0 bridgehead atoms. The van der Waals surface area contributed by atoms with Crippen molar-refractivity contribution < 1.29 is 4.42 Å². The molecule has 1 N–H and O–H groups in total. The number of oxazole rings is 1. The van der Waals surface area contributed by atoms with Gasteiger partial charge in [-0.1, -0.05) is 13.8 Å². The maximum absolute atomic E-state index is 8.96. The van der Waals surface area contributed by atoms with E-state index < -0.39 is 0 Å². The maximum atomic E-state index is 8.96. The summed E-state index contributed by atoms with van der Waals surface area (Å²) in [7, 11) is 0. The number of hydrogen-bond donors (Lipinski definition) is 1. The Morgan fingerprint density at radius 2 is 2.16 bits per heavy atom. The lowest BCUT2D eigenvalue weighted by atomic mass is 10.2. The molecule has 0 aromatic carbocycles. The number of hydrogen-bond acceptors (Lipinski definition) is 6. The largest absolute Gasteiger partial charge is 0.422 e. The Hall–Kier alpha value is -2.68. The van der Waals surface area contributed by atoms with E-state index in [-0.39, 0.29) is 17.5 Å². The van der Waals surface area contributed by atoms with Crippen LogP contribution in [0.25, 0.3) is 0 Å². The first kappa shape index (κ1) is 12.8.